The molecular formula is C23H26N4O3. The van der Waals surface area contributed by atoms with Crippen LogP contribution in [0.15, 0.2) is 47.2 Å². The average molecular weight is 406 g/mol. The molecule has 4 rings (SSSR count). The minimum absolute atomic E-state index is 0.475. The topological polar surface area (TPSA) is 76.6 Å². The molecule has 1 N–H and O–H groups in total. The molecule has 1 fully saturated rings. The number of rotatable bonds is 6. The molecule has 3 aromatic rings. The second-order valence-corrected chi connectivity index (χ2v) is 7.42. The number of imidazole rings is 1. The first kappa shape index (κ1) is 20.4. The summed E-state index contributed by atoms with van der Waals surface area (Å²) in [5.41, 5.74) is 2.98. The lowest BCUT2D eigenvalue weighted by Crippen LogP contribution is -2.37. The molecule has 0 spiro atoms. The number of morpholine rings is 1. The van der Waals surface area contributed by atoms with E-state index in [0.29, 0.717) is 18.1 Å². The summed E-state index contributed by atoms with van der Waals surface area (Å²) < 4.78 is 12.6. The predicted molar refractivity (Wildman–Crippen MR) is 112 cm³/mol. The van der Waals surface area contributed by atoms with E-state index in [-0.39, 0.29) is 0 Å². The lowest BCUT2D eigenvalue weighted by atomic mass is 10.1. The third-order valence-electron chi connectivity index (χ3n) is 5.12. The van der Waals surface area contributed by atoms with Crippen LogP contribution < -0.4 is 0 Å². The maximum atomic E-state index is 9.75. The van der Waals surface area contributed by atoms with Gasteiger partial charge in [0.25, 0.3) is 0 Å². The number of nitrogens with zero attached hydrogens (tertiary/aromatic N) is 4. The van der Waals surface area contributed by atoms with Crippen LogP contribution >= 0.6 is 0 Å². The molecule has 1 saturated heterocycles. The van der Waals surface area contributed by atoms with Crippen LogP contribution in [0.25, 0.3) is 0 Å². The molecule has 2 aromatic heterocycles. The predicted octanol–water partition coefficient (Wildman–Crippen LogP) is 2.25. The fourth-order valence-corrected chi connectivity index (χ4v) is 3.44. The molecule has 1 aromatic carbocycles. The van der Waals surface area contributed by atoms with E-state index >= 15 is 0 Å². The third-order valence-corrected chi connectivity index (χ3v) is 5.12. The zero-order valence-electron chi connectivity index (χ0n) is 17.1. The zero-order valence-corrected chi connectivity index (χ0v) is 17.1. The van der Waals surface area contributed by atoms with E-state index in [1.165, 1.54) is 5.56 Å². The molecular weight excluding hydrogens is 380 g/mol. The van der Waals surface area contributed by atoms with Crippen LogP contribution in [0.1, 0.15) is 41.4 Å². The summed E-state index contributed by atoms with van der Waals surface area (Å²) in [5.74, 6) is 7.26. The molecule has 0 saturated carbocycles. The van der Waals surface area contributed by atoms with Crippen molar-refractivity contribution in [1.82, 2.24) is 19.6 Å². The lowest BCUT2D eigenvalue weighted by molar-refractivity contribution is 0.0384. The van der Waals surface area contributed by atoms with Gasteiger partial charge in [0.1, 0.15) is 17.6 Å². The van der Waals surface area contributed by atoms with Crippen molar-refractivity contribution in [1.29, 1.82) is 0 Å². The van der Waals surface area contributed by atoms with E-state index < -0.39 is 6.10 Å². The highest BCUT2D eigenvalue weighted by atomic mass is 16.5. The number of benzene rings is 1. The van der Waals surface area contributed by atoms with Gasteiger partial charge in [0, 0.05) is 43.7 Å². The third kappa shape index (κ3) is 5.36. The van der Waals surface area contributed by atoms with E-state index in [4.69, 9.17) is 9.26 Å². The molecule has 1 atom stereocenters. The van der Waals surface area contributed by atoms with Crippen molar-refractivity contribution in [3.63, 3.8) is 0 Å². The van der Waals surface area contributed by atoms with Gasteiger partial charge in [-0.15, -0.1) is 0 Å². The first-order valence-electron chi connectivity index (χ1n) is 10.2. The van der Waals surface area contributed by atoms with Crippen molar-refractivity contribution in [2.75, 3.05) is 32.8 Å². The van der Waals surface area contributed by atoms with Crippen LogP contribution in [0.3, 0.4) is 0 Å². The minimum Gasteiger partial charge on any atom is -0.385 e. The largest absolute Gasteiger partial charge is 0.385 e. The highest BCUT2D eigenvalue weighted by Gasteiger charge is 2.11. The maximum Gasteiger partial charge on any atom is 0.210 e. The Labute approximate surface area is 176 Å². The molecule has 0 radical (unpaired) electrons. The van der Waals surface area contributed by atoms with Gasteiger partial charge in [0.15, 0.2) is 0 Å². The molecule has 156 valence electrons. The molecule has 1 aliphatic heterocycles. The van der Waals surface area contributed by atoms with Crippen molar-refractivity contribution in [2.24, 2.45) is 0 Å². The van der Waals surface area contributed by atoms with Crippen molar-refractivity contribution in [3.05, 3.63) is 71.1 Å². The van der Waals surface area contributed by atoms with Crippen LogP contribution in [0.5, 0.6) is 0 Å². The highest BCUT2D eigenvalue weighted by molar-refractivity contribution is 5.40. The Bertz CT molecular complexity index is 1000. The summed E-state index contributed by atoms with van der Waals surface area (Å²) in [4.78, 5) is 6.60. The first-order valence-corrected chi connectivity index (χ1v) is 10.2. The van der Waals surface area contributed by atoms with Gasteiger partial charge in [0.2, 0.25) is 5.76 Å². The second kappa shape index (κ2) is 9.72. The average Bonchev–Trinajstić information content (AvgIpc) is 3.42. The van der Waals surface area contributed by atoms with Gasteiger partial charge < -0.3 is 18.9 Å². The number of aromatic nitrogens is 3. The van der Waals surface area contributed by atoms with E-state index in [0.717, 1.165) is 50.5 Å². The van der Waals surface area contributed by atoms with Crippen LogP contribution in [-0.2, 0) is 17.7 Å². The normalized spacial score (nSPS) is 15.5. The fourth-order valence-electron chi connectivity index (χ4n) is 3.44. The number of hydrogen-bond acceptors (Lipinski definition) is 6. The van der Waals surface area contributed by atoms with Crippen molar-refractivity contribution in [2.45, 2.75) is 26.0 Å². The van der Waals surface area contributed by atoms with E-state index in [2.05, 4.69) is 39.0 Å². The first-order chi connectivity index (χ1) is 14.7. The standard InChI is InChI=1S/C23H26N4O3/c1-18(28)23-24-9-11-27(23)17-21-16-22(30-25-21)7-6-19-2-4-20(5-3-19)8-10-26-12-14-29-15-13-26/h2-5,9,11,16,18,28H,8,10,12-15,17H2,1H3. The van der Waals surface area contributed by atoms with Crippen LogP contribution in [0.4, 0.5) is 0 Å². The Hall–Kier alpha value is -2.92. The minimum atomic E-state index is -0.636. The molecule has 0 bridgehead atoms. The van der Waals surface area contributed by atoms with E-state index in [1.807, 2.05) is 29.0 Å². The summed E-state index contributed by atoms with van der Waals surface area (Å²) in [7, 11) is 0. The Morgan fingerprint density at radius 2 is 1.97 bits per heavy atom. The molecule has 1 unspecified atom stereocenters. The Kier molecular flexibility index (Phi) is 6.60. The second-order valence-electron chi connectivity index (χ2n) is 7.42. The van der Waals surface area contributed by atoms with Crippen LogP contribution in [0.2, 0.25) is 0 Å². The summed E-state index contributed by atoms with van der Waals surface area (Å²) in [6.07, 6.45) is 3.86. The monoisotopic (exact) mass is 406 g/mol. The van der Waals surface area contributed by atoms with Gasteiger partial charge >= 0.3 is 0 Å². The van der Waals surface area contributed by atoms with Gasteiger partial charge in [-0.25, -0.2) is 4.98 Å². The molecule has 7 heteroatoms. The zero-order chi connectivity index (χ0) is 20.8. The highest BCUT2D eigenvalue weighted by Crippen LogP contribution is 2.13. The number of ether oxygens (including phenoxy) is 1. The number of hydrogen-bond donors (Lipinski definition) is 1. The lowest BCUT2D eigenvalue weighted by Gasteiger charge is -2.26. The Morgan fingerprint density at radius 3 is 2.73 bits per heavy atom. The molecule has 7 nitrogen and oxygen atoms in total. The van der Waals surface area contributed by atoms with Crippen LogP contribution in [0, 0.1) is 11.8 Å². The fraction of sp³-hybridized carbons (Fsp3) is 0.391. The molecule has 0 aliphatic carbocycles. The van der Waals surface area contributed by atoms with Gasteiger partial charge in [-0.05, 0) is 37.0 Å². The Morgan fingerprint density at radius 1 is 1.17 bits per heavy atom. The summed E-state index contributed by atoms with van der Waals surface area (Å²) in [6.45, 7) is 6.93. The van der Waals surface area contributed by atoms with Gasteiger partial charge in [0.05, 0.1) is 19.8 Å². The maximum absolute atomic E-state index is 9.75. The summed E-state index contributed by atoms with van der Waals surface area (Å²) >= 11 is 0. The van der Waals surface area contributed by atoms with Gasteiger partial charge in [-0.2, -0.15) is 0 Å². The van der Waals surface area contributed by atoms with Crippen molar-refractivity contribution in [3.8, 4) is 11.8 Å². The number of aliphatic hydroxyl groups excluding tert-OH is 1. The van der Waals surface area contributed by atoms with Crippen molar-refractivity contribution < 1.29 is 14.4 Å². The summed E-state index contributed by atoms with van der Waals surface area (Å²) in [6, 6.07) is 10.2. The summed E-state index contributed by atoms with van der Waals surface area (Å²) in [5, 5.41) is 13.8. The van der Waals surface area contributed by atoms with Crippen molar-refractivity contribution >= 4 is 0 Å². The van der Waals surface area contributed by atoms with Gasteiger partial charge in [-0.3, -0.25) is 4.90 Å². The van der Waals surface area contributed by atoms with E-state index in [1.54, 1.807) is 13.1 Å². The van der Waals surface area contributed by atoms with E-state index in [9.17, 15) is 5.11 Å². The quantitative estimate of drug-likeness (QED) is 0.633. The SMILES string of the molecule is CC(O)c1nccn1Cc1cc(C#Cc2ccc(CCN3CCOCC3)cc2)on1. The smallest absolute Gasteiger partial charge is 0.210 e. The molecule has 0 amide bonds. The molecule has 30 heavy (non-hydrogen) atoms. The van der Waals surface area contributed by atoms with Gasteiger partial charge in [-0.1, -0.05) is 23.2 Å². The molecule has 1 aliphatic rings. The number of aliphatic hydroxyl groups is 1. The Balaban J connectivity index is 1.33. The van der Waals surface area contributed by atoms with Crippen LogP contribution in [-0.4, -0.2) is 57.6 Å². The molecule has 3 heterocycles.